The van der Waals surface area contributed by atoms with Gasteiger partial charge in [-0.2, -0.15) is 5.01 Å². The van der Waals surface area contributed by atoms with Gasteiger partial charge in [-0.1, -0.05) is 65.7 Å². The number of phenols is 1. The van der Waals surface area contributed by atoms with Crippen LogP contribution in [0.3, 0.4) is 0 Å². The van der Waals surface area contributed by atoms with E-state index in [2.05, 4.69) is 5.43 Å². The van der Waals surface area contributed by atoms with Gasteiger partial charge in [0.15, 0.2) is 5.78 Å². The summed E-state index contributed by atoms with van der Waals surface area (Å²) in [5.74, 6) is -7.53. The quantitative estimate of drug-likeness (QED) is 0.0872. The van der Waals surface area contributed by atoms with Gasteiger partial charge in [-0.25, -0.2) is 4.39 Å². The second-order valence-electron chi connectivity index (χ2n) is 15.4. The first-order chi connectivity index (χ1) is 29.0. The summed E-state index contributed by atoms with van der Waals surface area (Å²) in [6.07, 6.45) is 1.96. The number of aromatic hydroxyl groups is 1. The first-order valence-electron chi connectivity index (χ1n) is 19.4. The lowest BCUT2D eigenvalue weighted by Gasteiger charge is -2.50. The van der Waals surface area contributed by atoms with Crippen LogP contribution in [0.4, 0.5) is 15.8 Å². The first kappa shape index (κ1) is 38.7. The second kappa shape index (κ2) is 14.8. The Hall–Kier alpha value is -6.79. The van der Waals surface area contributed by atoms with Crippen LogP contribution in [0.15, 0.2) is 127 Å². The molecule has 13 heteroatoms. The number of hydrogen-bond donors (Lipinski definition) is 2. The summed E-state index contributed by atoms with van der Waals surface area (Å²) < 4.78 is 25.4. The Labute approximate surface area is 348 Å². The molecule has 2 heterocycles. The van der Waals surface area contributed by atoms with Gasteiger partial charge in [0, 0.05) is 39.8 Å². The third-order valence-electron chi connectivity index (χ3n) is 12.5. The van der Waals surface area contributed by atoms with Crippen LogP contribution in [0.2, 0.25) is 5.02 Å². The number of ether oxygens (including phenoxy) is 2. The fraction of sp³-hybridized carbons (Fsp3) is 0.213. The molecule has 3 fully saturated rings. The van der Waals surface area contributed by atoms with Gasteiger partial charge in [-0.05, 0) is 85.0 Å². The Kier molecular flexibility index (Phi) is 9.54. The van der Waals surface area contributed by atoms with Crippen LogP contribution < -0.4 is 19.8 Å². The molecule has 0 aromatic heterocycles. The van der Waals surface area contributed by atoms with E-state index in [4.69, 9.17) is 21.1 Å². The molecule has 5 aromatic rings. The molecule has 4 amide bonds. The number of nitrogens with zero attached hydrogens (tertiary/aromatic N) is 2. The zero-order valence-corrected chi connectivity index (χ0v) is 33.1. The number of carbonyl (C=O) groups is 5. The molecular formula is C47H37ClFN3O8. The van der Waals surface area contributed by atoms with E-state index in [0.29, 0.717) is 33.0 Å². The molecule has 6 atom stereocenters. The van der Waals surface area contributed by atoms with Gasteiger partial charge in [0.05, 0.1) is 48.8 Å². The Morgan fingerprint density at radius 1 is 0.817 bits per heavy atom. The fourth-order valence-electron chi connectivity index (χ4n) is 9.91. The highest BCUT2D eigenvalue weighted by Gasteiger charge is 2.71. The minimum atomic E-state index is -1.75. The van der Waals surface area contributed by atoms with Crippen molar-refractivity contribution in [2.24, 2.45) is 23.7 Å². The third kappa shape index (κ3) is 5.88. The smallest absolute Gasteiger partial charge is 0.260 e. The molecule has 302 valence electrons. The summed E-state index contributed by atoms with van der Waals surface area (Å²) >= 11 is 6.40. The van der Waals surface area contributed by atoms with Crippen LogP contribution >= 0.6 is 11.6 Å². The molecule has 2 N–H and O–H groups in total. The number of hydrazine groups is 1. The number of anilines is 2. The van der Waals surface area contributed by atoms with E-state index in [0.717, 1.165) is 9.91 Å². The summed E-state index contributed by atoms with van der Waals surface area (Å²) in [7, 11) is 2.84. The number of methoxy groups -OCH3 is 2. The topological polar surface area (TPSA) is 143 Å². The van der Waals surface area contributed by atoms with Crippen LogP contribution in [0.1, 0.15) is 45.8 Å². The number of fused-ring (bicyclic) bond motifs is 4. The van der Waals surface area contributed by atoms with Gasteiger partial charge in [0.1, 0.15) is 23.1 Å². The molecule has 11 nitrogen and oxygen atoms in total. The van der Waals surface area contributed by atoms with E-state index in [1.165, 1.54) is 44.6 Å². The molecule has 9 rings (SSSR count). The minimum Gasteiger partial charge on any atom is -0.507 e. The van der Waals surface area contributed by atoms with Gasteiger partial charge in [0.2, 0.25) is 11.8 Å². The van der Waals surface area contributed by atoms with Crippen molar-refractivity contribution in [1.29, 1.82) is 0 Å². The van der Waals surface area contributed by atoms with Gasteiger partial charge < -0.3 is 14.6 Å². The summed E-state index contributed by atoms with van der Waals surface area (Å²) in [4.78, 5) is 74.0. The number of carbonyl (C=O) groups excluding carboxylic acids is 5. The number of benzene rings is 5. The van der Waals surface area contributed by atoms with Crippen molar-refractivity contribution < 1.29 is 42.9 Å². The monoisotopic (exact) mass is 825 g/mol. The number of hydrogen-bond acceptors (Lipinski definition) is 9. The molecule has 1 saturated carbocycles. The zero-order chi connectivity index (χ0) is 42.0. The Balaban J connectivity index is 1.19. The highest BCUT2D eigenvalue weighted by Crippen LogP contribution is 2.66. The molecule has 0 bridgehead atoms. The molecule has 2 saturated heterocycles. The van der Waals surface area contributed by atoms with Crippen molar-refractivity contribution in [1.82, 2.24) is 5.01 Å². The molecule has 60 heavy (non-hydrogen) atoms. The molecule has 5 aromatic carbocycles. The van der Waals surface area contributed by atoms with Crippen molar-refractivity contribution in [2.45, 2.75) is 24.2 Å². The first-order valence-corrected chi connectivity index (χ1v) is 19.7. The normalized spacial score (nSPS) is 24.4. The van der Waals surface area contributed by atoms with Gasteiger partial charge in [-0.3, -0.25) is 34.3 Å². The van der Waals surface area contributed by atoms with E-state index >= 15 is 4.79 Å². The van der Waals surface area contributed by atoms with Crippen LogP contribution in [0.5, 0.6) is 17.2 Å². The Morgan fingerprint density at radius 2 is 1.50 bits per heavy atom. The maximum atomic E-state index is 15.5. The summed E-state index contributed by atoms with van der Waals surface area (Å²) in [5, 5.41) is 13.3. The second-order valence-corrected chi connectivity index (χ2v) is 15.8. The molecule has 2 aliphatic heterocycles. The van der Waals surface area contributed by atoms with Gasteiger partial charge in [-0.15, -0.1) is 0 Å². The highest BCUT2D eigenvalue weighted by molar-refractivity contribution is 6.30. The number of rotatable bonds is 9. The fourth-order valence-corrected chi connectivity index (χ4v) is 10.0. The molecule has 2 aliphatic carbocycles. The third-order valence-corrected chi connectivity index (χ3v) is 12.8. The number of ketones is 1. The SMILES string of the molecule is COc1cc(O)c([C@H]2C3=CC[C@@H]4C(=O)N(c5ccc(C(=O)c6ccccc6)cc5)C(=O)[C@@H]4[C@@H]3C[C@H]3C(=O)N(Nc4ccc(F)cc4)C(=O)[C@@]23c2ccc(Cl)cc2)c(OC)c1. The predicted molar refractivity (Wildman–Crippen MR) is 219 cm³/mol. The average Bonchev–Trinajstić information content (AvgIpc) is 3.65. The summed E-state index contributed by atoms with van der Waals surface area (Å²) in [6.45, 7) is 0. The number of allylic oxidation sites excluding steroid dienone is 2. The van der Waals surface area contributed by atoms with Crippen LogP contribution in [-0.2, 0) is 24.6 Å². The molecule has 0 radical (unpaired) electrons. The lowest BCUT2D eigenvalue weighted by molar-refractivity contribution is -0.138. The van der Waals surface area contributed by atoms with Crippen molar-refractivity contribution in [3.63, 3.8) is 0 Å². The number of phenolic OH excluding ortho intramolecular Hbond substituents is 1. The van der Waals surface area contributed by atoms with E-state index in [1.807, 2.05) is 12.1 Å². The lowest BCUT2D eigenvalue weighted by atomic mass is 9.49. The molecule has 0 spiro atoms. The van der Waals surface area contributed by atoms with Crippen molar-refractivity contribution in [3.8, 4) is 17.2 Å². The molecule has 0 unspecified atom stereocenters. The lowest BCUT2D eigenvalue weighted by Crippen LogP contribution is -2.53. The summed E-state index contributed by atoms with van der Waals surface area (Å²) in [6, 6.07) is 29.8. The van der Waals surface area contributed by atoms with Crippen LogP contribution in [-0.4, -0.2) is 53.7 Å². The van der Waals surface area contributed by atoms with E-state index < -0.39 is 64.5 Å². The van der Waals surface area contributed by atoms with Crippen LogP contribution in [0, 0.1) is 29.5 Å². The van der Waals surface area contributed by atoms with E-state index in [-0.39, 0.29) is 47.1 Å². The van der Waals surface area contributed by atoms with Gasteiger partial charge >= 0.3 is 0 Å². The van der Waals surface area contributed by atoms with Crippen LogP contribution in [0.25, 0.3) is 0 Å². The average molecular weight is 826 g/mol. The van der Waals surface area contributed by atoms with Crippen molar-refractivity contribution in [3.05, 3.63) is 160 Å². The number of halogens is 2. The number of imide groups is 2. The summed E-state index contributed by atoms with van der Waals surface area (Å²) in [5.41, 5.74) is 3.79. The van der Waals surface area contributed by atoms with Crippen molar-refractivity contribution in [2.75, 3.05) is 24.5 Å². The predicted octanol–water partition coefficient (Wildman–Crippen LogP) is 7.62. The van der Waals surface area contributed by atoms with Crippen molar-refractivity contribution >= 4 is 52.4 Å². The highest BCUT2D eigenvalue weighted by atomic mass is 35.5. The maximum Gasteiger partial charge on any atom is 0.260 e. The largest absolute Gasteiger partial charge is 0.507 e. The standard InChI is InChI=1S/C47H37ClFN3O8/c1-59-32-22-37(53)40(38(23-32)60-2)41-33-20-21-34-39(45(57)51(43(34)55)31-18-8-26(9-19-31)42(54)25-6-4-3-5-7-25)35(33)24-36-44(56)52(50-30-16-14-29(49)15-17-30)46(58)47(36,41)27-10-12-28(48)13-11-27/h3-20,22-23,34-36,39,41,50,53H,21,24H2,1-2H3/t34-,35+,36-,39-,41+,47+/m0/s1. The van der Waals surface area contributed by atoms with E-state index in [9.17, 15) is 28.7 Å². The Morgan fingerprint density at radius 3 is 2.17 bits per heavy atom. The van der Waals surface area contributed by atoms with Gasteiger partial charge in [0.25, 0.3) is 11.8 Å². The van der Waals surface area contributed by atoms with E-state index in [1.54, 1.807) is 78.9 Å². The number of nitrogens with one attached hydrogen (secondary N) is 1. The molecular weight excluding hydrogens is 789 g/mol. The molecule has 4 aliphatic rings. The number of amides is 4. The minimum absolute atomic E-state index is 0.0189. The zero-order valence-electron chi connectivity index (χ0n) is 32.3. The Bertz CT molecular complexity index is 2620. The maximum absolute atomic E-state index is 15.5.